The molecule has 1 amide bonds. The lowest BCUT2D eigenvalue weighted by atomic mass is 10.2. The number of hydrogen-bond acceptors (Lipinski definition) is 4. The summed E-state index contributed by atoms with van der Waals surface area (Å²) in [5.74, 6) is 1.30. The SMILES string of the molecule is COc1ccc(NC(=O)c2ccc(-c3ccc(Cl)cc3Cl)o2)c(OC)c1. The molecule has 1 heterocycles. The number of methoxy groups -OCH3 is 2. The number of carbonyl (C=O) groups is 1. The minimum absolute atomic E-state index is 0.142. The Hall–Kier alpha value is -2.63. The molecule has 0 bridgehead atoms. The molecule has 3 aromatic rings. The van der Waals surface area contributed by atoms with Crippen LogP contribution in [0.1, 0.15) is 10.6 Å². The van der Waals surface area contributed by atoms with Crippen molar-refractivity contribution in [2.45, 2.75) is 0 Å². The van der Waals surface area contributed by atoms with Crippen LogP contribution in [0.5, 0.6) is 11.5 Å². The zero-order chi connectivity index (χ0) is 18.7. The van der Waals surface area contributed by atoms with Gasteiger partial charge in [-0.1, -0.05) is 23.2 Å². The molecule has 0 saturated heterocycles. The van der Waals surface area contributed by atoms with Gasteiger partial charge < -0.3 is 19.2 Å². The highest BCUT2D eigenvalue weighted by Gasteiger charge is 2.16. The van der Waals surface area contributed by atoms with Crippen molar-refractivity contribution >= 4 is 34.8 Å². The van der Waals surface area contributed by atoms with Gasteiger partial charge >= 0.3 is 0 Å². The van der Waals surface area contributed by atoms with Gasteiger partial charge in [0, 0.05) is 16.7 Å². The van der Waals surface area contributed by atoms with Gasteiger partial charge in [0.25, 0.3) is 5.91 Å². The largest absolute Gasteiger partial charge is 0.497 e. The van der Waals surface area contributed by atoms with E-state index in [0.29, 0.717) is 38.6 Å². The first-order valence-electron chi connectivity index (χ1n) is 7.60. The van der Waals surface area contributed by atoms with E-state index >= 15 is 0 Å². The van der Waals surface area contributed by atoms with E-state index in [0.717, 1.165) is 0 Å². The van der Waals surface area contributed by atoms with Crippen molar-refractivity contribution in [1.29, 1.82) is 0 Å². The van der Waals surface area contributed by atoms with Crippen molar-refractivity contribution in [3.63, 3.8) is 0 Å². The van der Waals surface area contributed by atoms with Crippen LogP contribution in [0.4, 0.5) is 5.69 Å². The number of halogens is 2. The van der Waals surface area contributed by atoms with E-state index in [1.165, 1.54) is 7.11 Å². The van der Waals surface area contributed by atoms with Crippen LogP contribution in [-0.4, -0.2) is 20.1 Å². The molecule has 0 aliphatic carbocycles. The predicted octanol–water partition coefficient (Wildman–Crippen LogP) is 5.52. The van der Waals surface area contributed by atoms with Gasteiger partial charge in [-0.3, -0.25) is 4.79 Å². The van der Waals surface area contributed by atoms with Crippen LogP contribution in [0.15, 0.2) is 52.9 Å². The lowest BCUT2D eigenvalue weighted by Gasteiger charge is -2.10. The zero-order valence-electron chi connectivity index (χ0n) is 14.0. The van der Waals surface area contributed by atoms with E-state index in [1.807, 2.05) is 0 Å². The minimum atomic E-state index is -0.412. The molecule has 0 aliphatic rings. The summed E-state index contributed by atoms with van der Waals surface area (Å²) < 4.78 is 16.0. The molecule has 0 radical (unpaired) electrons. The van der Waals surface area contributed by atoms with Gasteiger partial charge in [-0.05, 0) is 42.5 Å². The summed E-state index contributed by atoms with van der Waals surface area (Å²) in [6, 6.07) is 13.4. The van der Waals surface area contributed by atoms with Crippen LogP contribution >= 0.6 is 23.2 Å². The first-order valence-corrected chi connectivity index (χ1v) is 8.36. The average Bonchev–Trinajstić information content (AvgIpc) is 3.12. The molecule has 26 heavy (non-hydrogen) atoms. The van der Waals surface area contributed by atoms with Gasteiger partial charge in [0.1, 0.15) is 17.3 Å². The Morgan fingerprint density at radius 3 is 2.50 bits per heavy atom. The second-order valence-electron chi connectivity index (χ2n) is 5.31. The van der Waals surface area contributed by atoms with Gasteiger partial charge in [0.2, 0.25) is 0 Å². The molecular weight excluding hydrogens is 377 g/mol. The van der Waals surface area contributed by atoms with Crippen LogP contribution in [0.3, 0.4) is 0 Å². The van der Waals surface area contributed by atoms with Gasteiger partial charge in [0.15, 0.2) is 5.76 Å². The highest BCUT2D eigenvalue weighted by atomic mass is 35.5. The number of hydrogen-bond donors (Lipinski definition) is 1. The van der Waals surface area contributed by atoms with Crippen molar-refractivity contribution < 1.29 is 18.7 Å². The van der Waals surface area contributed by atoms with Gasteiger partial charge in [-0.2, -0.15) is 0 Å². The normalized spacial score (nSPS) is 10.5. The van der Waals surface area contributed by atoms with E-state index in [4.69, 9.17) is 37.1 Å². The Morgan fingerprint density at radius 2 is 1.81 bits per heavy atom. The summed E-state index contributed by atoms with van der Waals surface area (Å²) in [7, 11) is 3.07. The topological polar surface area (TPSA) is 60.7 Å². The maximum Gasteiger partial charge on any atom is 0.291 e. The van der Waals surface area contributed by atoms with Gasteiger partial charge in [-0.15, -0.1) is 0 Å². The van der Waals surface area contributed by atoms with Crippen LogP contribution in [0.2, 0.25) is 10.0 Å². The molecule has 0 spiro atoms. The summed E-state index contributed by atoms with van der Waals surface area (Å²) in [6.45, 7) is 0. The number of furan rings is 1. The van der Waals surface area contributed by atoms with Crippen LogP contribution in [-0.2, 0) is 0 Å². The van der Waals surface area contributed by atoms with E-state index < -0.39 is 5.91 Å². The van der Waals surface area contributed by atoms with E-state index in [9.17, 15) is 4.79 Å². The Balaban J connectivity index is 1.82. The summed E-state index contributed by atoms with van der Waals surface area (Å²) in [4.78, 5) is 12.5. The summed E-state index contributed by atoms with van der Waals surface area (Å²) in [6.07, 6.45) is 0. The van der Waals surface area contributed by atoms with E-state index in [2.05, 4.69) is 5.32 Å². The number of rotatable bonds is 5. The standard InChI is InChI=1S/C19H15Cl2NO4/c1-24-12-4-6-15(18(10-12)25-2)22-19(23)17-8-7-16(26-17)13-5-3-11(20)9-14(13)21/h3-10H,1-2H3,(H,22,23). The number of benzene rings is 2. The second-order valence-corrected chi connectivity index (χ2v) is 6.15. The third-order valence-electron chi connectivity index (χ3n) is 3.68. The first-order chi connectivity index (χ1) is 12.5. The van der Waals surface area contributed by atoms with E-state index in [1.54, 1.807) is 55.6 Å². The summed E-state index contributed by atoms with van der Waals surface area (Å²) in [5, 5.41) is 3.71. The fourth-order valence-electron chi connectivity index (χ4n) is 2.38. The molecule has 1 N–H and O–H groups in total. The monoisotopic (exact) mass is 391 g/mol. The third kappa shape index (κ3) is 3.79. The van der Waals surface area contributed by atoms with E-state index in [-0.39, 0.29) is 5.76 Å². The highest BCUT2D eigenvalue weighted by Crippen LogP contribution is 2.33. The molecule has 0 atom stereocenters. The van der Waals surface area contributed by atoms with Crippen LogP contribution in [0.25, 0.3) is 11.3 Å². The Kier molecular flexibility index (Phi) is 5.40. The zero-order valence-corrected chi connectivity index (χ0v) is 15.5. The fraction of sp³-hybridized carbons (Fsp3) is 0.105. The number of amides is 1. The summed E-state index contributed by atoms with van der Waals surface area (Å²) in [5.41, 5.74) is 1.15. The quantitative estimate of drug-likeness (QED) is 0.621. The lowest BCUT2D eigenvalue weighted by molar-refractivity contribution is 0.0997. The minimum Gasteiger partial charge on any atom is -0.497 e. The van der Waals surface area contributed by atoms with Crippen LogP contribution < -0.4 is 14.8 Å². The maximum absolute atomic E-state index is 12.5. The number of nitrogens with one attached hydrogen (secondary N) is 1. The van der Waals surface area contributed by atoms with Crippen molar-refractivity contribution in [3.05, 3.63) is 64.3 Å². The highest BCUT2D eigenvalue weighted by molar-refractivity contribution is 6.36. The molecule has 134 valence electrons. The smallest absolute Gasteiger partial charge is 0.291 e. The molecule has 3 rings (SSSR count). The third-order valence-corrected chi connectivity index (χ3v) is 4.23. The molecular formula is C19H15Cl2NO4. The molecule has 0 saturated carbocycles. The Labute approximate surface area is 160 Å². The molecule has 2 aromatic carbocycles. The first kappa shape index (κ1) is 18.2. The molecule has 0 unspecified atom stereocenters. The van der Waals surface area contributed by atoms with Gasteiger partial charge in [-0.25, -0.2) is 0 Å². The second kappa shape index (κ2) is 7.72. The average molecular weight is 392 g/mol. The van der Waals surface area contributed by atoms with Crippen molar-refractivity contribution in [3.8, 4) is 22.8 Å². The Bertz CT molecular complexity index is 952. The number of carbonyl (C=O) groups excluding carboxylic acids is 1. The molecule has 0 fully saturated rings. The maximum atomic E-state index is 12.5. The predicted molar refractivity (Wildman–Crippen MR) is 102 cm³/mol. The van der Waals surface area contributed by atoms with Gasteiger partial charge in [0.05, 0.1) is 24.9 Å². The molecule has 0 aliphatic heterocycles. The Morgan fingerprint density at radius 1 is 1.00 bits per heavy atom. The molecule has 1 aromatic heterocycles. The lowest BCUT2D eigenvalue weighted by Crippen LogP contribution is -2.11. The fourth-order valence-corrected chi connectivity index (χ4v) is 2.88. The van der Waals surface area contributed by atoms with Crippen LogP contribution in [0, 0.1) is 0 Å². The van der Waals surface area contributed by atoms with Crippen molar-refractivity contribution in [2.24, 2.45) is 0 Å². The number of anilines is 1. The summed E-state index contributed by atoms with van der Waals surface area (Å²) >= 11 is 12.1. The van der Waals surface area contributed by atoms with Crippen molar-refractivity contribution in [2.75, 3.05) is 19.5 Å². The molecule has 5 nitrogen and oxygen atoms in total. The van der Waals surface area contributed by atoms with Crippen molar-refractivity contribution in [1.82, 2.24) is 0 Å². The number of ether oxygens (including phenoxy) is 2. The molecule has 7 heteroatoms.